The minimum Gasteiger partial charge on any atom is -0.852 e. The van der Waals surface area contributed by atoms with Crippen LogP contribution >= 0.6 is 0 Å². The van der Waals surface area contributed by atoms with Crippen molar-refractivity contribution in [2.75, 3.05) is 0 Å². The van der Waals surface area contributed by atoms with E-state index in [2.05, 4.69) is 12.2 Å². The molecule has 0 amide bonds. The van der Waals surface area contributed by atoms with Crippen LogP contribution in [0.25, 0.3) is 0 Å². The van der Waals surface area contributed by atoms with E-state index in [-0.39, 0.29) is 57.5 Å². The van der Waals surface area contributed by atoms with Gasteiger partial charge in [-0.05, 0) is 18.3 Å². The molecule has 0 saturated heterocycles. The van der Waals surface area contributed by atoms with Crippen molar-refractivity contribution in [3.63, 3.8) is 0 Å². The molecule has 0 aromatic rings. The Morgan fingerprint density at radius 2 is 2.00 bits per heavy atom. The van der Waals surface area contributed by atoms with Crippen LogP contribution < -0.4 is 56.5 Å². The maximum absolute atomic E-state index is 10.9. The molecule has 0 aromatic heterocycles. The predicted octanol–water partition coefficient (Wildman–Crippen LogP) is -2.68. The van der Waals surface area contributed by atoms with Crippen molar-refractivity contribution in [2.24, 2.45) is 11.8 Å². The number of fused-ring (bicyclic) bond motifs is 2. The van der Waals surface area contributed by atoms with Crippen LogP contribution in [0.5, 0.6) is 0 Å². The molecular weight excluding hydrogens is 139 g/mol. The first-order valence-electron chi connectivity index (χ1n) is 3.20. The molecule has 44 valence electrons. The Hall–Kier alpha value is 1.34. The van der Waals surface area contributed by atoms with E-state index in [0.717, 1.165) is 12.8 Å². The minimum absolute atomic E-state index is 0. The zero-order valence-corrected chi connectivity index (χ0v) is 8.83. The van der Waals surface area contributed by atoms with E-state index in [9.17, 15) is 5.11 Å². The third kappa shape index (κ3) is 1.49. The number of allylic oxidation sites excluding steroid dienone is 1. The summed E-state index contributed by atoms with van der Waals surface area (Å²) >= 11 is 0. The molecule has 0 radical (unpaired) electrons. The van der Waals surface area contributed by atoms with Crippen LogP contribution in [-0.4, -0.2) is 6.10 Å². The van der Waals surface area contributed by atoms with Crippen LogP contribution in [-0.2, 0) is 0 Å². The zero-order valence-electron chi connectivity index (χ0n) is 5.71. The van der Waals surface area contributed by atoms with Crippen molar-refractivity contribution in [1.82, 2.24) is 0 Å². The maximum Gasteiger partial charge on any atom is 1.00 e. The second-order valence-electron chi connectivity index (χ2n) is 2.82. The molecule has 1 saturated carbocycles. The molecule has 3 unspecified atom stereocenters. The summed E-state index contributed by atoms with van der Waals surface area (Å²) in [6.07, 6.45) is 6.07. The van der Waals surface area contributed by atoms with E-state index in [0.29, 0.717) is 11.8 Å². The molecule has 0 aliphatic heterocycles. The fraction of sp³-hybridized carbons (Fsp3) is 0.714. The van der Waals surface area contributed by atoms with E-state index in [1.165, 1.54) is 0 Å². The van der Waals surface area contributed by atoms with Gasteiger partial charge in [-0.3, -0.25) is 0 Å². The molecule has 1 fully saturated rings. The molecule has 1 nitrogen and oxygen atoms in total. The second-order valence-corrected chi connectivity index (χ2v) is 2.82. The van der Waals surface area contributed by atoms with Crippen molar-refractivity contribution in [3.8, 4) is 0 Å². The Balaban J connectivity index is 0.000000405. The van der Waals surface area contributed by atoms with Gasteiger partial charge in [-0.2, -0.15) is 0 Å². The van der Waals surface area contributed by atoms with E-state index >= 15 is 0 Å². The van der Waals surface area contributed by atoms with E-state index < -0.39 is 0 Å². The Morgan fingerprint density at radius 1 is 1.22 bits per heavy atom. The standard InChI is InChI=1S/C7H9O.K/c8-7-4-5-1-2-6(7)3-5;/h1-2,5-7H,3-4H2;/q-1;+1. The third-order valence-corrected chi connectivity index (χ3v) is 2.22. The zero-order chi connectivity index (χ0) is 5.56. The van der Waals surface area contributed by atoms with Crippen LogP contribution in [0.1, 0.15) is 12.8 Å². The van der Waals surface area contributed by atoms with Crippen LogP contribution in [0, 0.1) is 11.8 Å². The van der Waals surface area contributed by atoms with E-state index in [1.807, 2.05) is 0 Å². The summed E-state index contributed by atoms with van der Waals surface area (Å²) in [6, 6.07) is 0. The molecule has 3 atom stereocenters. The molecule has 2 aliphatic rings. The first-order chi connectivity index (χ1) is 3.86. The summed E-state index contributed by atoms with van der Waals surface area (Å²) in [7, 11) is 0. The largest absolute Gasteiger partial charge is 1.00 e. The fourth-order valence-corrected chi connectivity index (χ4v) is 1.73. The minimum atomic E-state index is -0.259. The van der Waals surface area contributed by atoms with Gasteiger partial charge in [-0.25, -0.2) is 0 Å². The van der Waals surface area contributed by atoms with Gasteiger partial charge < -0.3 is 5.11 Å². The number of rotatable bonds is 0. The van der Waals surface area contributed by atoms with Gasteiger partial charge in [-0.15, -0.1) is 6.10 Å². The molecular formula is C7H9KO. The van der Waals surface area contributed by atoms with Crippen molar-refractivity contribution >= 4 is 0 Å². The Morgan fingerprint density at radius 3 is 2.22 bits per heavy atom. The third-order valence-electron chi connectivity index (χ3n) is 2.22. The van der Waals surface area contributed by atoms with Crippen molar-refractivity contribution < 1.29 is 56.5 Å². The summed E-state index contributed by atoms with van der Waals surface area (Å²) in [4.78, 5) is 0. The van der Waals surface area contributed by atoms with Crippen molar-refractivity contribution in [1.29, 1.82) is 0 Å². The number of hydrogen-bond donors (Lipinski definition) is 0. The summed E-state index contributed by atoms with van der Waals surface area (Å²) < 4.78 is 0. The van der Waals surface area contributed by atoms with Crippen molar-refractivity contribution in [3.05, 3.63) is 12.2 Å². The van der Waals surface area contributed by atoms with Gasteiger partial charge in [0.2, 0.25) is 0 Å². The summed E-state index contributed by atoms with van der Waals surface area (Å²) in [5.41, 5.74) is 0. The molecule has 0 aromatic carbocycles. The van der Waals surface area contributed by atoms with Crippen molar-refractivity contribution in [2.45, 2.75) is 18.9 Å². The quantitative estimate of drug-likeness (QED) is 0.271. The normalized spacial score (nSPS) is 45.2. The van der Waals surface area contributed by atoms with Gasteiger partial charge >= 0.3 is 51.4 Å². The first kappa shape index (κ1) is 8.43. The molecule has 0 spiro atoms. The molecule has 0 heterocycles. The SMILES string of the molecule is [K+].[O-]C1CC2C=CC1C2. The van der Waals surface area contributed by atoms with Gasteiger partial charge in [0.15, 0.2) is 0 Å². The molecule has 2 heteroatoms. The first-order valence-corrected chi connectivity index (χ1v) is 3.20. The topological polar surface area (TPSA) is 23.1 Å². The Bertz CT molecular complexity index is 133. The fourth-order valence-electron chi connectivity index (χ4n) is 1.73. The van der Waals surface area contributed by atoms with Crippen LogP contribution in [0.2, 0.25) is 0 Å². The van der Waals surface area contributed by atoms with Gasteiger partial charge in [0.1, 0.15) is 0 Å². The Labute approximate surface area is 97.9 Å². The van der Waals surface area contributed by atoms with Gasteiger partial charge in [0, 0.05) is 0 Å². The van der Waals surface area contributed by atoms with E-state index in [4.69, 9.17) is 0 Å². The van der Waals surface area contributed by atoms with Gasteiger partial charge in [-0.1, -0.05) is 18.6 Å². The van der Waals surface area contributed by atoms with Crippen LogP contribution in [0.15, 0.2) is 12.2 Å². The van der Waals surface area contributed by atoms with Crippen LogP contribution in [0.3, 0.4) is 0 Å². The second kappa shape index (κ2) is 3.16. The van der Waals surface area contributed by atoms with Crippen LogP contribution in [0.4, 0.5) is 0 Å². The average Bonchev–Trinajstić information content (AvgIpc) is 2.23. The van der Waals surface area contributed by atoms with Gasteiger partial charge in [0.05, 0.1) is 0 Å². The van der Waals surface area contributed by atoms with E-state index in [1.54, 1.807) is 0 Å². The number of hydrogen-bond acceptors (Lipinski definition) is 1. The maximum atomic E-state index is 10.9. The molecule has 2 aliphatic carbocycles. The molecule has 2 rings (SSSR count). The average molecular weight is 148 g/mol. The molecule has 2 bridgehead atoms. The molecule has 0 N–H and O–H groups in total. The summed E-state index contributed by atoms with van der Waals surface area (Å²) in [5.74, 6) is 1.06. The summed E-state index contributed by atoms with van der Waals surface area (Å²) in [6.45, 7) is 0. The molecule has 9 heavy (non-hydrogen) atoms. The predicted molar refractivity (Wildman–Crippen MR) is 29.1 cm³/mol. The summed E-state index contributed by atoms with van der Waals surface area (Å²) in [5, 5.41) is 10.9. The van der Waals surface area contributed by atoms with Gasteiger partial charge in [0.25, 0.3) is 0 Å². The smallest absolute Gasteiger partial charge is 0.852 e. The monoisotopic (exact) mass is 148 g/mol. The Kier molecular flexibility index (Phi) is 2.96.